The molecule has 3 aromatic rings. The molecule has 0 aliphatic rings. The lowest BCUT2D eigenvalue weighted by atomic mass is 10.3. The highest BCUT2D eigenvalue weighted by Gasteiger charge is 2.19. The maximum absolute atomic E-state index is 12.4. The molecule has 0 saturated carbocycles. The van der Waals surface area contributed by atoms with Crippen LogP contribution in [0.25, 0.3) is 0 Å². The first-order valence-corrected chi connectivity index (χ1v) is 11.4. The molecule has 0 fully saturated rings. The maximum Gasteiger partial charge on any atom is 0.265 e. The van der Waals surface area contributed by atoms with Crippen molar-refractivity contribution in [2.75, 3.05) is 25.2 Å². The van der Waals surface area contributed by atoms with Crippen LogP contribution in [0.3, 0.4) is 0 Å². The Morgan fingerprint density at radius 1 is 1.23 bits per heavy atom. The minimum Gasteiger partial charge on any atom is -0.486 e. The highest BCUT2D eigenvalue weighted by Crippen LogP contribution is 2.24. The first kappa shape index (κ1) is 22.8. The topological polar surface area (TPSA) is 102 Å². The zero-order valence-electron chi connectivity index (χ0n) is 17.8. The van der Waals surface area contributed by atoms with E-state index < -0.39 is 0 Å². The van der Waals surface area contributed by atoms with Crippen LogP contribution in [-0.4, -0.2) is 56.3 Å². The second-order valence-electron chi connectivity index (χ2n) is 6.71. The van der Waals surface area contributed by atoms with Crippen molar-refractivity contribution in [3.63, 3.8) is 0 Å². The third-order valence-electron chi connectivity index (χ3n) is 4.20. The molecule has 11 heteroatoms. The van der Waals surface area contributed by atoms with E-state index in [9.17, 15) is 9.59 Å². The van der Waals surface area contributed by atoms with Crippen molar-refractivity contribution in [2.45, 2.75) is 32.2 Å². The fourth-order valence-electron chi connectivity index (χ4n) is 2.65. The third kappa shape index (κ3) is 5.82. The monoisotopic (exact) mass is 460 g/mol. The van der Waals surface area contributed by atoms with E-state index in [2.05, 4.69) is 20.5 Å². The molecule has 164 valence electrons. The number of rotatable bonds is 9. The lowest BCUT2D eigenvalue weighted by molar-refractivity contribution is -0.113. The summed E-state index contributed by atoms with van der Waals surface area (Å²) >= 11 is 2.46. The molecule has 0 unspecified atom stereocenters. The van der Waals surface area contributed by atoms with E-state index in [4.69, 9.17) is 4.74 Å². The summed E-state index contributed by atoms with van der Waals surface area (Å²) in [7, 11) is 3.36. The Kier molecular flexibility index (Phi) is 7.64. The summed E-state index contributed by atoms with van der Waals surface area (Å²) in [6.45, 7) is 4.69. The van der Waals surface area contributed by atoms with E-state index in [1.165, 1.54) is 28.0 Å². The Balaban J connectivity index is 1.57. The van der Waals surface area contributed by atoms with Crippen LogP contribution in [0.15, 0.2) is 35.5 Å². The number of carbonyl (C=O) groups is 2. The molecule has 3 rings (SSSR count). The minimum atomic E-state index is -0.227. The number of aryl methyl sites for hydroxylation is 1. The number of amides is 2. The number of hydrogen-bond donors (Lipinski definition) is 1. The predicted molar refractivity (Wildman–Crippen MR) is 121 cm³/mol. The zero-order valence-corrected chi connectivity index (χ0v) is 19.4. The van der Waals surface area contributed by atoms with Gasteiger partial charge in [-0.25, -0.2) is 4.98 Å². The largest absolute Gasteiger partial charge is 0.486 e. The van der Waals surface area contributed by atoms with Gasteiger partial charge in [-0.1, -0.05) is 41.3 Å². The Labute approximate surface area is 188 Å². The van der Waals surface area contributed by atoms with Crippen LogP contribution in [0.4, 0.5) is 5.13 Å². The number of anilines is 1. The minimum absolute atomic E-state index is 0.133. The summed E-state index contributed by atoms with van der Waals surface area (Å²) < 4.78 is 7.67. The van der Waals surface area contributed by atoms with Crippen molar-refractivity contribution in [2.24, 2.45) is 0 Å². The van der Waals surface area contributed by atoms with Crippen molar-refractivity contribution >= 4 is 40.0 Å². The quantitative estimate of drug-likeness (QED) is 0.490. The zero-order chi connectivity index (χ0) is 22.4. The number of hydrogen-bond acceptors (Lipinski definition) is 8. The number of nitrogens with one attached hydrogen (secondary N) is 1. The molecule has 0 saturated heterocycles. The summed E-state index contributed by atoms with van der Waals surface area (Å²) in [6, 6.07) is 9.50. The van der Waals surface area contributed by atoms with Gasteiger partial charge in [-0.2, -0.15) is 0 Å². The van der Waals surface area contributed by atoms with Gasteiger partial charge in [0.05, 0.1) is 11.4 Å². The molecule has 1 N–H and O–H groups in total. The van der Waals surface area contributed by atoms with Gasteiger partial charge in [0.25, 0.3) is 5.91 Å². The molecule has 0 radical (unpaired) electrons. The van der Waals surface area contributed by atoms with Crippen LogP contribution in [0, 0.1) is 6.92 Å². The van der Waals surface area contributed by atoms with Gasteiger partial charge in [-0.15, -0.1) is 10.2 Å². The normalized spacial score (nSPS) is 10.7. The molecular weight excluding hydrogens is 436 g/mol. The first-order chi connectivity index (χ1) is 14.9. The van der Waals surface area contributed by atoms with E-state index in [1.54, 1.807) is 21.0 Å². The van der Waals surface area contributed by atoms with Gasteiger partial charge in [-0.3, -0.25) is 9.59 Å². The van der Waals surface area contributed by atoms with Crippen LogP contribution >= 0.6 is 23.1 Å². The summed E-state index contributed by atoms with van der Waals surface area (Å²) in [6.07, 6.45) is 0. The van der Waals surface area contributed by atoms with Gasteiger partial charge >= 0.3 is 0 Å². The number of nitrogens with zero attached hydrogens (tertiary/aromatic N) is 5. The molecule has 9 nitrogen and oxygen atoms in total. The third-order valence-corrected chi connectivity index (χ3v) is 6.22. The van der Waals surface area contributed by atoms with Crippen molar-refractivity contribution in [3.8, 4) is 5.75 Å². The van der Waals surface area contributed by atoms with E-state index in [-0.39, 0.29) is 17.6 Å². The Hall–Kier alpha value is -2.92. The van der Waals surface area contributed by atoms with E-state index in [0.29, 0.717) is 39.8 Å². The lowest BCUT2D eigenvalue weighted by Crippen LogP contribution is -2.21. The first-order valence-electron chi connectivity index (χ1n) is 9.60. The second-order valence-corrected chi connectivity index (χ2v) is 8.66. The van der Waals surface area contributed by atoms with Crippen molar-refractivity contribution in [1.29, 1.82) is 0 Å². The van der Waals surface area contributed by atoms with E-state index in [1.807, 2.05) is 41.8 Å². The Morgan fingerprint density at radius 3 is 2.65 bits per heavy atom. The molecule has 0 aliphatic heterocycles. The average molecular weight is 461 g/mol. The predicted octanol–water partition coefficient (Wildman–Crippen LogP) is 3.07. The fraction of sp³-hybridized carbons (Fsp3) is 0.350. The number of thiazole rings is 1. The maximum atomic E-state index is 12.4. The highest BCUT2D eigenvalue weighted by atomic mass is 32.2. The van der Waals surface area contributed by atoms with Crippen molar-refractivity contribution in [1.82, 2.24) is 24.6 Å². The van der Waals surface area contributed by atoms with Crippen LogP contribution in [0.2, 0.25) is 0 Å². The van der Waals surface area contributed by atoms with E-state index in [0.717, 1.165) is 5.75 Å². The molecule has 2 heterocycles. The molecule has 2 amide bonds. The van der Waals surface area contributed by atoms with Crippen LogP contribution in [-0.2, 0) is 17.9 Å². The standard InChI is InChI=1S/C20H24N6O3S2/c1-5-26-15(11-29-14-9-7-6-8-10-14)23-24-20(26)30-12-16(27)22-19-21-13(2)17(31-19)18(28)25(3)4/h6-10H,5,11-12H2,1-4H3,(H,21,22,27). The lowest BCUT2D eigenvalue weighted by Gasteiger charge is -2.08. The summed E-state index contributed by atoms with van der Waals surface area (Å²) in [4.78, 5) is 30.8. The van der Waals surface area contributed by atoms with Gasteiger partial charge in [-0.05, 0) is 26.0 Å². The van der Waals surface area contributed by atoms with Crippen LogP contribution in [0.5, 0.6) is 5.75 Å². The number of aromatic nitrogens is 4. The molecule has 0 atom stereocenters. The van der Waals surface area contributed by atoms with Gasteiger partial charge < -0.3 is 19.5 Å². The molecule has 1 aromatic carbocycles. The average Bonchev–Trinajstić information content (AvgIpc) is 3.32. The molecule has 0 bridgehead atoms. The second kappa shape index (κ2) is 10.4. The summed E-state index contributed by atoms with van der Waals surface area (Å²) in [5.41, 5.74) is 0.598. The molecular formula is C20H24N6O3S2. The number of ether oxygens (including phenoxy) is 1. The number of benzene rings is 1. The number of carbonyl (C=O) groups excluding carboxylic acids is 2. The van der Waals surface area contributed by atoms with Gasteiger partial charge in [0.1, 0.15) is 17.2 Å². The van der Waals surface area contributed by atoms with Gasteiger partial charge in [0.2, 0.25) is 5.91 Å². The smallest absolute Gasteiger partial charge is 0.265 e. The number of para-hydroxylation sites is 1. The van der Waals surface area contributed by atoms with Crippen molar-refractivity contribution in [3.05, 3.63) is 46.7 Å². The van der Waals surface area contributed by atoms with Crippen LogP contribution in [0.1, 0.15) is 28.1 Å². The fourth-order valence-corrected chi connectivity index (χ4v) is 4.48. The molecule has 0 aliphatic carbocycles. The highest BCUT2D eigenvalue weighted by molar-refractivity contribution is 7.99. The van der Waals surface area contributed by atoms with E-state index >= 15 is 0 Å². The van der Waals surface area contributed by atoms with Gasteiger partial charge in [0, 0.05) is 20.6 Å². The van der Waals surface area contributed by atoms with Crippen LogP contribution < -0.4 is 10.1 Å². The number of thioether (sulfide) groups is 1. The van der Waals surface area contributed by atoms with Gasteiger partial charge in [0.15, 0.2) is 16.1 Å². The SMILES string of the molecule is CCn1c(COc2ccccc2)nnc1SCC(=O)Nc1nc(C)c(C(=O)N(C)C)s1. The molecule has 2 aromatic heterocycles. The summed E-state index contributed by atoms with van der Waals surface area (Å²) in [5.74, 6) is 1.23. The summed E-state index contributed by atoms with van der Waals surface area (Å²) in [5, 5.41) is 12.2. The molecule has 31 heavy (non-hydrogen) atoms. The Morgan fingerprint density at radius 2 is 1.97 bits per heavy atom. The van der Waals surface area contributed by atoms with Crippen molar-refractivity contribution < 1.29 is 14.3 Å². The Bertz CT molecular complexity index is 1050. The molecule has 0 spiro atoms.